The van der Waals surface area contributed by atoms with Crippen molar-refractivity contribution in [1.29, 1.82) is 0 Å². The van der Waals surface area contributed by atoms with Gasteiger partial charge < -0.3 is 4.90 Å². The monoisotopic (exact) mass is 363 g/mol. The number of hydrogen-bond acceptors (Lipinski definition) is 2. The van der Waals surface area contributed by atoms with Gasteiger partial charge in [-0.2, -0.15) is 5.10 Å². The third kappa shape index (κ3) is 10.4. The zero-order valence-electron chi connectivity index (χ0n) is 18.3. The Balaban J connectivity index is 0.00000163. The van der Waals surface area contributed by atoms with Crippen LogP contribution < -0.4 is 0 Å². The fraction of sp³-hybridized carbons (Fsp3) is 0.870. The Morgan fingerprint density at radius 3 is 2.19 bits per heavy atom. The van der Waals surface area contributed by atoms with Gasteiger partial charge in [-0.15, -0.1) is 0 Å². The van der Waals surface area contributed by atoms with E-state index in [4.69, 9.17) is 0 Å². The van der Waals surface area contributed by atoms with Gasteiger partial charge in [-0.3, -0.25) is 4.68 Å². The molecule has 0 aromatic carbocycles. The molecule has 1 saturated heterocycles. The average molecular weight is 364 g/mol. The molecule has 1 aromatic rings. The minimum atomic E-state index is 0.821. The SMILES string of the molecule is CC.Cc1cnn(CC2CCN(CCCCCCCCC(C)C)CC2)c1. The van der Waals surface area contributed by atoms with Crippen molar-refractivity contribution in [3.8, 4) is 0 Å². The second kappa shape index (κ2) is 14.3. The fourth-order valence-corrected chi connectivity index (χ4v) is 3.82. The number of likely N-dealkylation sites (tertiary alicyclic amines) is 1. The molecule has 26 heavy (non-hydrogen) atoms. The quantitative estimate of drug-likeness (QED) is 0.429. The molecule has 0 atom stereocenters. The van der Waals surface area contributed by atoms with E-state index >= 15 is 0 Å². The summed E-state index contributed by atoms with van der Waals surface area (Å²) in [6, 6.07) is 0. The maximum atomic E-state index is 4.43. The summed E-state index contributed by atoms with van der Waals surface area (Å²) in [6.07, 6.45) is 16.8. The van der Waals surface area contributed by atoms with Crippen molar-refractivity contribution in [2.24, 2.45) is 11.8 Å². The summed E-state index contributed by atoms with van der Waals surface area (Å²) in [6.45, 7) is 15.8. The van der Waals surface area contributed by atoms with Gasteiger partial charge in [0.1, 0.15) is 0 Å². The molecule has 1 aliphatic heterocycles. The molecule has 3 nitrogen and oxygen atoms in total. The van der Waals surface area contributed by atoms with Crippen molar-refractivity contribution in [1.82, 2.24) is 14.7 Å². The Labute approximate surface area is 163 Å². The Kier molecular flexibility index (Phi) is 12.7. The number of aryl methyl sites for hydroxylation is 1. The third-order valence-electron chi connectivity index (χ3n) is 5.42. The van der Waals surface area contributed by atoms with E-state index in [2.05, 4.69) is 41.6 Å². The predicted molar refractivity (Wildman–Crippen MR) is 115 cm³/mol. The van der Waals surface area contributed by atoms with Crippen LogP contribution in [0.5, 0.6) is 0 Å². The molecule has 0 saturated carbocycles. The van der Waals surface area contributed by atoms with E-state index in [0.717, 1.165) is 18.4 Å². The second-order valence-corrected chi connectivity index (χ2v) is 8.33. The van der Waals surface area contributed by atoms with Crippen LogP contribution in [-0.4, -0.2) is 34.3 Å². The van der Waals surface area contributed by atoms with Gasteiger partial charge in [0.2, 0.25) is 0 Å². The van der Waals surface area contributed by atoms with E-state index in [1.807, 2.05) is 20.0 Å². The van der Waals surface area contributed by atoms with E-state index < -0.39 is 0 Å². The van der Waals surface area contributed by atoms with Gasteiger partial charge in [0.05, 0.1) is 6.20 Å². The van der Waals surface area contributed by atoms with Crippen molar-refractivity contribution >= 4 is 0 Å². The molecular formula is C23H45N3. The Morgan fingerprint density at radius 2 is 1.62 bits per heavy atom. The number of nitrogens with zero attached hydrogens (tertiary/aromatic N) is 3. The van der Waals surface area contributed by atoms with Crippen LogP contribution in [0.15, 0.2) is 12.4 Å². The molecule has 0 spiro atoms. The normalized spacial score (nSPS) is 15.9. The molecule has 1 aromatic heterocycles. The summed E-state index contributed by atoms with van der Waals surface area (Å²) < 4.78 is 2.13. The van der Waals surface area contributed by atoms with E-state index in [1.54, 1.807) is 0 Å². The lowest BCUT2D eigenvalue weighted by molar-refractivity contribution is 0.168. The largest absolute Gasteiger partial charge is 0.303 e. The number of rotatable bonds is 11. The van der Waals surface area contributed by atoms with Gasteiger partial charge in [0.25, 0.3) is 0 Å². The van der Waals surface area contributed by atoms with Crippen LogP contribution in [0.25, 0.3) is 0 Å². The highest BCUT2D eigenvalue weighted by Gasteiger charge is 2.19. The molecule has 0 unspecified atom stereocenters. The predicted octanol–water partition coefficient (Wildman–Crippen LogP) is 6.32. The zero-order chi connectivity index (χ0) is 19.2. The maximum absolute atomic E-state index is 4.43. The molecule has 0 amide bonds. The molecule has 0 aliphatic carbocycles. The highest BCUT2D eigenvalue weighted by atomic mass is 15.3. The number of unbranched alkanes of at least 4 members (excludes halogenated alkanes) is 5. The first-order valence-corrected chi connectivity index (χ1v) is 11.3. The number of piperidine rings is 1. The van der Waals surface area contributed by atoms with Gasteiger partial charge >= 0.3 is 0 Å². The van der Waals surface area contributed by atoms with Crippen molar-refractivity contribution in [2.75, 3.05) is 19.6 Å². The molecule has 1 fully saturated rings. The van der Waals surface area contributed by atoms with Gasteiger partial charge in [-0.05, 0) is 63.2 Å². The Bertz CT molecular complexity index is 430. The Hall–Kier alpha value is -0.830. The average Bonchev–Trinajstić information content (AvgIpc) is 3.05. The van der Waals surface area contributed by atoms with Crippen LogP contribution in [0.2, 0.25) is 0 Å². The van der Waals surface area contributed by atoms with Crippen LogP contribution in [0, 0.1) is 18.8 Å². The highest BCUT2D eigenvalue weighted by Crippen LogP contribution is 2.20. The fourth-order valence-electron chi connectivity index (χ4n) is 3.82. The second-order valence-electron chi connectivity index (χ2n) is 8.33. The molecule has 0 radical (unpaired) electrons. The van der Waals surface area contributed by atoms with Gasteiger partial charge in [0, 0.05) is 12.7 Å². The lowest BCUT2D eigenvalue weighted by Crippen LogP contribution is -2.35. The van der Waals surface area contributed by atoms with Crippen molar-refractivity contribution in [3.63, 3.8) is 0 Å². The standard InChI is InChI=1S/C21H39N3.C2H6/c1-19(2)10-8-6-4-5-7-9-13-23-14-11-21(12-15-23)18-24-17-20(3)16-22-24;1-2/h16-17,19,21H,4-15,18H2,1-3H3;1-2H3. The lowest BCUT2D eigenvalue weighted by Gasteiger charge is -2.31. The van der Waals surface area contributed by atoms with Gasteiger partial charge in [-0.25, -0.2) is 0 Å². The van der Waals surface area contributed by atoms with Crippen LogP contribution in [-0.2, 0) is 6.54 Å². The molecule has 0 bridgehead atoms. The van der Waals surface area contributed by atoms with Crippen molar-refractivity contribution in [2.45, 2.75) is 99.0 Å². The summed E-state index contributed by atoms with van der Waals surface area (Å²) in [5.74, 6) is 1.70. The van der Waals surface area contributed by atoms with Gasteiger partial charge in [0.15, 0.2) is 0 Å². The summed E-state index contributed by atoms with van der Waals surface area (Å²) in [5, 5.41) is 4.43. The minimum Gasteiger partial charge on any atom is -0.303 e. The third-order valence-corrected chi connectivity index (χ3v) is 5.42. The van der Waals surface area contributed by atoms with Crippen molar-refractivity contribution in [3.05, 3.63) is 18.0 Å². The molecule has 3 heteroatoms. The smallest absolute Gasteiger partial charge is 0.0518 e. The van der Waals surface area contributed by atoms with E-state index in [0.29, 0.717) is 0 Å². The summed E-state index contributed by atoms with van der Waals surface area (Å²) >= 11 is 0. The van der Waals surface area contributed by atoms with Crippen LogP contribution in [0.1, 0.15) is 91.0 Å². The first-order valence-electron chi connectivity index (χ1n) is 11.3. The van der Waals surface area contributed by atoms with Crippen LogP contribution in [0.3, 0.4) is 0 Å². The molecule has 152 valence electrons. The molecule has 1 aliphatic rings. The topological polar surface area (TPSA) is 21.1 Å². The molecular weight excluding hydrogens is 318 g/mol. The first-order chi connectivity index (χ1) is 12.6. The van der Waals surface area contributed by atoms with Crippen LogP contribution >= 0.6 is 0 Å². The number of hydrogen-bond donors (Lipinski definition) is 0. The first kappa shape index (κ1) is 23.2. The Morgan fingerprint density at radius 1 is 1.00 bits per heavy atom. The molecule has 0 N–H and O–H groups in total. The highest BCUT2D eigenvalue weighted by molar-refractivity contribution is 4.99. The van der Waals surface area contributed by atoms with E-state index in [-0.39, 0.29) is 0 Å². The van der Waals surface area contributed by atoms with Gasteiger partial charge in [-0.1, -0.05) is 66.2 Å². The molecule has 2 rings (SSSR count). The zero-order valence-corrected chi connectivity index (χ0v) is 18.3. The number of aromatic nitrogens is 2. The minimum absolute atomic E-state index is 0.821. The maximum Gasteiger partial charge on any atom is 0.0518 e. The van der Waals surface area contributed by atoms with E-state index in [9.17, 15) is 0 Å². The summed E-state index contributed by atoms with van der Waals surface area (Å²) in [5.41, 5.74) is 1.27. The molecule has 2 heterocycles. The van der Waals surface area contributed by atoms with E-state index in [1.165, 1.54) is 83.0 Å². The van der Waals surface area contributed by atoms with Crippen molar-refractivity contribution < 1.29 is 0 Å². The van der Waals surface area contributed by atoms with Crippen LogP contribution in [0.4, 0.5) is 0 Å². The lowest BCUT2D eigenvalue weighted by atomic mass is 9.96. The summed E-state index contributed by atoms with van der Waals surface area (Å²) in [4.78, 5) is 2.68. The summed E-state index contributed by atoms with van der Waals surface area (Å²) in [7, 11) is 0.